The predicted octanol–water partition coefficient (Wildman–Crippen LogP) is 1.40. The first-order valence-electron chi connectivity index (χ1n) is 4.82. The molecule has 0 saturated carbocycles. The SMILES string of the molecule is NS(=O)(=O)c1cnc(NCc2ccccc2)s1. The number of aromatic nitrogens is 1. The van der Waals surface area contributed by atoms with E-state index in [1.807, 2.05) is 30.3 Å². The molecule has 0 spiro atoms. The molecule has 0 amide bonds. The Bertz CT molecular complexity index is 593. The van der Waals surface area contributed by atoms with E-state index in [-0.39, 0.29) is 4.21 Å². The van der Waals surface area contributed by atoms with Gasteiger partial charge in [0.1, 0.15) is 0 Å². The van der Waals surface area contributed by atoms with Crippen LogP contribution >= 0.6 is 11.3 Å². The van der Waals surface area contributed by atoms with Crippen molar-refractivity contribution < 1.29 is 8.42 Å². The Morgan fingerprint density at radius 1 is 1.29 bits per heavy atom. The zero-order chi connectivity index (χ0) is 12.3. The van der Waals surface area contributed by atoms with E-state index in [0.717, 1.165) is 16.9 Å². The van der Waals surface area contributed by atoms with Crippen LogP contribution in [0.25, 0.3) is 0 Å². The Morgan fingerprint density at radius 3 is 2.59 bits per heavy atom. The van der Waals surface area contributed by atoms with Gasteiger partial charge in [0.05, 0.1) is 6.20 Å². The molecule has 0 aliphatic heterocycles. The number of primary sulfonamides is 1. The summed E-state index contributed by atoms with van der Waals surface area (Å²) >= 11 is 1.02. The standard InChI is InChI=1S/C10H11N3O2S2/c11-17(14,15)9-7-13-10(16-9)12-6-8-4-2-1-3-5-8/h1-5,7H,6H2,(H,12,13)(H2,11,14,15). The van der Waals surface area contributed by atoms with E-state index in [1.54, 1.807) is 0 Å². The highest BCUT2D eigenvalue weighted by molar-refractivity contribution is 7.91. The first kappa shape index (κ1) is 12.0. The smallest absolute Gasteiger partial charge is 0.249 e. The normalized spacial score (nSPS) is 11.4. The lowest BCUT2D eigenvalue weighted by Crippen LogP contribution is -2.09. The average Bonchev–Trinajstić information content (AvgIpc) is 2.76. The Kier molecular flexibility index (Phi) is 3.41. The van der Waals surface area contributed by atoms with Gasteiger partial charge in [-0.3, -0.25) is 0 Å². The Morgan fingerprint density at radius 2 is 2.00 bits per heavy atom. The van der Waals surface area contributed by atoms with Gasteiger partial charge in [0.2, 0.25) is 10.0 Å². The molecule has 0 unspecified atom stereocenters. The van der Waals surface area contributed by atoms with Crippen molar-refractivity contribution in [1.29, 1.82) is 0 Å². The highest BCUT2D eigenvalue weighted by atomic mass is 32.2. The zero-order valence-corrected chi connectivity index (χ0v) is 10.5. The zero-order valence-electron chi connectivity index (χ0n) is 8.83. The van der Waals surface area contributed by atoms with Crippen molar-refractivity contribution in [2.24, 2.45) is 5.14 Å². The van der Waals surface area contributed by atoms with Gasteiger partial charge in [-0.15, -0.1) is 0 Å². The highest BCUT2D eigenvalue weighted by Crippen LogP contribution is 2.21. The van der Waals surface area contributed by atoms with Crippen LogP contribution in [0.5, 0.6) is 0 Å². The van der Waals surface area contributed by atoms with Gasteiger partial charge in [-0.1, -0.05) is 41.7 Å². The lowest BCUT2D eigenvalue weighted by molar-refractivity contribution is 0.599. The number of nitrogens with two attached hydrogens (primary N) is 1. The summed E-state index contributed by atoms with van der Waals surface area (Å²) in [6.07, 6.45) is 1.26. The van der Waals surface area contributed by atoms with Gasteiger partial charge >= 0.3 is 0 Å². The molecule has 0 radical (unpaired) electrons. The maximum atomic E-state index is 11.0. The van der Waals surface area contributed by atoms with Crippen LogP contribution in [-0.4, -0.2) is 13.4 Å². The average molecular weight is 269 g/mol. The minimum atomic E-state index is -3.65. The highest BCUT2D eigenvalue weighted by Gasteiger charge is 2.12. The number of thiazole rings is 1. The molecular formula is C10H11N3O2S2. The molecule has 2 rings (SSSR count). The molecule has 0 aliphatic carbocycles. The van der Waals surface area contributed by atoms with Gasteiger partial charge in [0, 0.05) is 6.54 Å². The van der Waals surface area contributed by atoms with Gasteiger partial charge < -0.3 is 5.32 Å². The fourth-order valence-corrected chi connectivity index (χ4v) is 2.69. The number of hydrogen-bond donors (Lipinski definition) is 2. The molecule has 2 aromatic rings. The second kappa shape index (κ2) is 4.82. The number of hydrogen-bond acceptors (Lipinski definition) is 5. The van der Waals surface area contributed by atoms with Crippen LogP contribution in [0, 0.1) is 0 Å². The van der Waals surface area contributed by atoms with Gasteiger partial charge in [-0.2, -0.15) is 0 Å². The van der Waals surface area contributed by atoms with Crippen LogP contribution in [0.3, 0.4) is 0 Å². The van der Waals surface area contributed by atoms with Crippen LogP contribution in [0.2, 0.25) is 0 Å². The van der Waals surface area contributed by atoms with Crippen molar-refractivity contribution in [2.45, 2.75) is 10.8 Å². The van der Waals surface area contributed by atoms with E-state index in [9.17, 15) is 8.42 Å². The number of rotatable bonds is 4. The molecule has 0 atom stereocenters. The van der Waals surface area contributed by atoms with E-state index in [0.29, 0.717) is 11.7 Å². The second-order valence-corrected chi connectivity index (χ2v) is 6.19. The predicted molar refractivity (Wildman–Crippen MR) is 67.3 cm³/mol. The molecule has 1 aromatic heterocycles. The van der Waals surface area contributed by atoms with E-state index in [1.165, 1.54) is 6.20 Å². The first-order valence-corrected chi connectivity index (χ1v) is 7.18. The molecule has 0 fully saturated rings. The third-order valence-electron chi connectivity index (χ3n) is 2.05. The number of anilines is 1. The molecule has 0 aliphatic rings. The fraction of sp³-hybridized carbons (Fsp3) is 0.100. The molecule has 0 bridgehead atoms. The van der Waals surface area contributed by atoms with Crippen molar-refractivity contribution >= 4 is 26.5 Å². The van der Waals surface area contributed by atoms with Gasteiger partial charge in [-0.25, -0.2) is 18.5 Å². The molecular weight excluding hydrogens is 258 g/mol. The summed E-state index contributed by atoms with van der Waals surface area (Å²) in [5.41, 5.74) is 1.10. The summed E-state index contributed by atoms with van der Waals surface area (Å²) in [4.78, 5) is 3.95. The van der Waals surface area contributed by atoms with E-state index >= 15 is 0 Å². The molecule has 1 heterocycles. The Balaban J connectivity index is 2.04. The van der Waals surface area contributed by atoms with Crippen molar-refractivity contribution in [3.05, 3.63) is 42.1 Å². The number of nitrogens with zero attached hydrogens (tertiary/aromatic N) is 1. The van der Waals surface area contributed by atoms with Crippen molar-refractivity contribution in [3.63, 3.8) is 0 Å². The molecule has 90 valence electrons. The lowest BCUT2D eigenvalue weighted by Gasteiger charge is -2.01. The summed E-state index contributed by atoms with van der Waals surface area (Å²) in [5.74, 6) is 0. The summed E-state index contributed by atoms with van der Waals surface area (Å²) in [6.45, 7) is 0.596. The lowest BCUT2D eigenvalue weighted by atomic mass is 10.2. The summed E-state index contributed by atoms with van der Waals surface area (Å²) in [7, 11) is -3.65. The van der Waals surface area contributed by atoms with Gasteiger partial charge in [0.15, 0.2) is 9.34 Å². The maximum absolute atomic E-state index is 11.0. The molecule has 3 N–H and O–H groups in total. The topological polar surface area (TPSA) is 85.1 Å². The van der Waals surface area contributed by atoms with Crippen LogP contribution in [-0.2, 0) is 16.6 Å². The summed E-state index contributed by atoms with van der Waals surface area (Å²) < 4.78 is 22.1. The third-order valence-corrected chi connectivity index (χ3v) is 4.41. The molecule has 0 saturated heterocycles. The first-order chi connectivity index (χ1) is 8.05. The van der Waals surface area contributed by atoms with E-state index < -0.39 is 10.0 Å². The fourth-order valence-electron chi connectivity index (χ4n) is 1.25. The van der Waals surface area contributed by atoms with Crippen molar-refractivity contribution in [3.8, 4) is 0 Å². The minimum Gasteiger partial charge on any atom is -0.357 e. The maximum Gasteiger partial charge on any atom is 0.249 e. The van der Waals surface area contributed by atoms with E-state index in [2.05, 4.69) is 10.3 Å². The molecule has 7 heteroatoms. The van der Waals surface area contributed by atoms with Crippen LogP contribution in [0.4, 0.5) is 5.13 Å². The quantitative estimate of drug-likeness (QED) is 0.878. The van der Waals surface area contributed by atoms with Crippen molar-refractivity contribution in [1.82, 2.24) is 4.98 Å². The molecule has 5 nitrogen and oxygen atoms in total. The number of benzene rings is 1. The third kappa shape index (κ3) is 3.26. The second-order valence-electron chi connectivity index (χ2n) is 3.37. The van der Waals surface area contributed by atoms with E-state index in [4.69, 9.17) is 5.14 Å². The van der Waals surface area contributed by atoms with Crippen LogP contribution in [0.15, 0.2) is 40.7 Å². The molecule has 17 heavy (non-hydrogen) atoms. The molecule has 1 aromatic carbocycles. The monoisotopic (exact) mass is 269 g/mol. The van der Waals surface area contributed by atoms with Gasteiger partial charge in [-0.05, 0) is 5.56 Å². The van der Waals surface area contributed by atoms with Crippen LogP contribution < -0.4 is 10.5 Å². The Hall–Kier alpha value is -1.44. The summed E-state index contributed by atoms with van der Waals surface area (Å²) in [6, 6.07) is 9.76. The number of nitrogens with one attached hydrogen (secondary N) is 1. The minimum absolute atomic E-state index is 0.0630. The largest absolute Gasteiger partial charge is 0.357 e. The van der Waals surface area contributed by atoms with Crippen LogP contribution in [0.1, 0.15) is 5.56 Å². The van der Waals surface area contributed by atoms with Crippen molar-refractivity contribution in [2.75, 3.05) is 5.32 Å². The summed E-state index contributed by atoms with van der Waals surface area (Å²) in [5, 5.41) is 8.57. The number of sulfonamides is 1. The Labute approximate surface area is 103 Å². The van der Waals surface area contributed by atoms with Gasteiger partial charge in [0.25, 0.3) is 0 Å².